The Morgan fingerprint density at radius 2 is 1.93 bits per heavy atom. The van der Waals surface area contributed by atoms with Gasteiger partial charge in [-0.05, 0) is 44.2 Å². The Balaban J connectivity index is 1.59. The van der Waals surface area contributed by atoms with Crippen molar-refractivity contribution in [3.63, 3.8) is 0 Å². The van der Waals surface area contributed by atoms with E-state index in [1.807, 2.05) is 43.7 Å². The van der Waals surface area contributed by atoms with Crippen LogP contribution in [0.25, 0.3) is 22.3 Å². The molecule has 4 rings (SSSR count). The third-order valence-corrected chi connectivity index (χ3v) is 4.98. The molecule has 8 heteroatoms. The van der Waals surface area contributed by atoms with Crippen LogP contribution in [0.15, 0.2) is 53.7 Å². The zero-order valence-corrected chi connectivity index (χ0v) is 17.1. The molecule has 1 N–H and O–H groups in total. The summed E-state index contributed by atoms with van der Waals surface area (Å²) in [5, 5.41) is 7.71. The third-order valence-electron chi connectivity index (χ3n) is 4.98. The van der Waals surface area contributed by atoms with E-state index >= 15 is 0 Å². The summed E-state index contributed by atoms with van der Waals surface area (Å²) in [6, 6.07) is 9.21. The van der Waals surface area contributed by atoms with Crippen molar-refractivity contribution in [2.45, 2.75) is 26.9 Å². The molecule has 4 aromatic heterocycles. The van der Waals surface area contributed by atoms with Crippen LogP contribution in [0, 0.1) is 6.92 Å². The van der Waals surface area contributed by atoms with Crippen molar-refractivity contribution >= 4 is 16.9 Å². The monoisotopic (exact) mass is 402 g/mol. The highest BCUT2D eigenvalue weighted by Gasteiger charge is 2.17. The molecule has 152 valence electrons. The molecule has 0 aliphatic heterocycles. The minimum Gasteiger partial charge on any atom is -0.346 e. The predicted octanol–water partition coefficient (Wildman–Crippen LogP) is 2.45. The number of hydrogen-bond acceptors (Lipinski definition) is 5. The lowest BCUT2D eigenvalue weighted by atomic mass is 10.1. The maximum Gasteiger partial charge on any atom is 0.257 e. The van der Waals surface area contributed by atoms with Crippen LogP contribution in [0.2, 0.25) is 0 Å². The fourth-order valence-corrected chi connectivity index (χ4v) is 3.43. The number of nitrogens with one attached hydrogen (secondary N) is 1. The maximum atomic E-state index is 12.9. The highest BCUT2D eigenvalue weighted by atomic mass is 16.2. The first-order chi connectivity index (χ1) is 14.5. The molecule has 8 nitrogen and oxygen atoms in total. The van der Waals surface area contributed by atoms with Crippen molar-refractivity contribution in [1.82, 2.24) is 29.6 Å². The van der Waals surface area contributed by atoms with Crippen molar-refractivity contribution in [2.75, 3.05) is 0 Å². The van der Waals surface area contributed by atoms with Gasteiger partial charge in [-0.25, -0.2) is 4.98 Å². The Labute approximate surface area is 173 Å². The van der Waals surface area contributed by atoms with E-state index in [0.29, 0.717) is 23.3 Å². The number of amides is 1. The number of aromatic nitrogens is 5. The summed E-state index contributed by atoms with van der Waals surface area (Å²) in [5.74, 6) is -0.430. The number of nitrogens with zero attached hydrogens (tertiary/aromatic N) is 5. The molecule has 0 atom stereocenters. The van der Waals surface area contributed by atoms with Gasteiger partial charge in [0.05, 0.1) is 23.3 Å². The van der Waals surface area contributed by atoms with Gasteiger partial charge in [-0.15, -0.1) is 0 Å². The number of aryl methyl sites for hydroxylation is 3. The zero-order chi connectivity index (χ0) is 21.3. The van der Waals surface area contributed by atoms with Crippen LogP contribution >= 0.6 is 0 Å². The van der Waals surface area contributed by atoms with E-state index in [1.165, 1.54) is 0 Å². The molecule has 0 saturated carbocycles. The second-order valence-electron chi connectivity index (χ2n) is 7.04. The Morgan fingerprint density at radius 3 is 2.67 bits per heavy atom. The maximum absolute atomic E-state index is 12.9. The summed E-state index contributed by atoms with van der Waals surface area (Å²) >= 11 is 0. The van der Waals surface area contributed by atoms with Gasteiger partial charge in [0, 0.05) is 43.4 Å². The van der Waals surface area contributed by atoms with Crippen LogP contribution in [0.5, 0.6) is 0 Å². The molecule has 0 fully saturated rings. The number of rotatable bonds is 5. The van der Waals surface area contributed by atoms with Crippen LogP contribution in [0.4, 0.5) is 0 Å². The molecule has 4 aromatic rings. The van der Waals surface area contributed by atoms with Gasteiger partial charge < -0.3 is 9.88 Å². The molecule has 1 amide bonds. The molecular formula is C22H22N6O2. The number of hydrogen-bond donors (Lipinski definition) is 1. The molecule has 0 aromatic carbocycles. The van der Waals surface area contributed by atoms with Crippen LogP contribution in [0.3, 0.4) is 0 Å². The minimum atomic E-state index is -0.430. The van der Waals surface area contributed by atoms with Gasteiger partial charge in [-0.2, -0.15) is 5.10 Å². The van der Waals surface area contributed by atoms with Crippen LogP contribution in [-0.2, 0) is 20.1 Å². The first-order valence-electron chi connectivity index (χ1n) is 9.70. The number of carbonyl (C=O) groups is 1. The van der Waals surface area contributed by atoms with E-state index < -0.39 is 5.91 Å². The minimum absolute atomic E-state index is 0.0975. The molecule has 0 aliphatic carbocycles. The summed E-state index contributed by atoms with van der Waals surface area (Å²) in [6.07, 6.45) is 5.02. The molecule has 0 radical (unpaired) electrons. The molecule has 30 heavy (non-hydrogen) atoms. The number of fused-ring (bicyclic) bond motifs is 1. The van der Waals surface area contributed by atoms with Gasteiger partial charge in [-0.1, -0.05) is 0 Å². The van der Waals surface area contributed by atoms with Gasteiger partial charge in [0.25, 0.3) is 5.91 Å². The summed E-state index contributed by atoms with van der Waals surface area (Å²) in [6.45, 7) is 4.64. The summed E-state index contributed by atoms with van der Waals surface area (Å²) < 4.78 is 3.58. The molecule has 0 bridgehead atoms. The molecular weight excluding hydrogens is 380 g/mol. The molecule has 0 spiro atoms. The number of carbonyl (C=O) groups excluding carboxylic acids is 1. The Hall–Kier alpha value is -3.81. The van der Waals surface area contributed by atoms with Gasteiger partial charge in [0.1, 0.15) is 11.2 Å². The van der Waals surface area contributed by atoms with E-state index in [4.69, 9.17) is 0 Å². The standard InChI is InChI=1S/C22H22N6O2/c1-4-28-13-18(20(29)17-6-5-14(2)25-21(17)28)22(30)24-12-16-11-19(27(3)26-16)15-7-9-23-10-8-15/h5-11,13H,4,12H2,1-3H3,(H,24,30). The summed E-state index contributed by atoms with van der Waals surface area (Å²) in [5.41, 5.74) is 3.79. The van der Waals surface area contributed by atoms with E-state index in [-0.39, 0.29) is 17.5 Å². The molecule has 0 aliphatic rings. The largest absolute Gasteiger partial charge is 0.346 e. The van der Waals surface area contributed by atoms with Crippen molar-refractivity contribution in [3.8, 4) is 11.3 Å². The highest BCUT2D eigenvalue weighted by Crippen LogP contribution is 2.18. The lowest BCUT2D eigenvalue weighted by Crippen LogP contribution is -2.30. The van der Waals surface area contributed by atoms with E-state index in [2.05, 4.69) is 20.4 Å². The quantitative estimate of drug-likeness (QED) is 0.553. The Bertz CT molecular complexity index is 1290. The zero-order valence-electron chi connectivity index (χ0n) is 17.1. The predicted molar refractivity (Wildman–Crippen MR) is 114 cm³/mol. The number of pyridine rings is 3. The molecule has 0 unspecified atom stereocenters. The van der Waals surface area contributed by atoms with Crippen LogP contribution < -0.4 is 10.7 Å². The summed E-state index contributed by atoms with van der Waals surface area (Å²) in [7, 11) is 1.85. The van der Waals surface area contributed by atoms with Gasteiger partial charge in [0.15, 0.2) is 0 Å². The third kappa shape index (κ3) is 3.59. The van der Waals surface area contributed by atoms with Crippen LogP contribution in [0.1, 0.15) is 28.7 Å². The van der Waals surface area contributed by atoms with Crippen LogP contribution in [-0.4, -0.2) is 30.2 Å². The van der Waals surface area contributed by atoms with E-state index in [0.717, 1.165) is 17.0 Å². The van der Waals surface area contributed by atoms with Crippen molar-refractivity contribution in [1.29, 1.82) is 0 Å². The van der Waals surface area contributed by atoms with Gasteiger partial charge in [0.2, 0.25) is 5.43 Å². The lowest BCUT2D eigenvalue weighted by molar-refractivity contribution is 0.0948. The smallest absolute Gasteiger partial charge is 0.257 e. The second-order valence-corrected chi connectivity index (χ2v) is 7.04. The average Bonchev–Trinajstić information content (AvgIpc) is 3.13. The van der Waals surface area contributed by atoms with Crippen molar-refractivity contribution in [3.05, 3.63) is 76.1 Å². The fourth-order valence-electron chi connectivity index (χ4n) is 3.43. The highest BCUT2D eigenvalue weighted by molar-refractivity contribution is 5.96. The van der Waals surface area contributed by atoms with Crippen molar-refractivity contribution in [2.24, 2.45) is 7.05 Å². The first-order valence-corrected chi connectivity index (χ1v) is 9.70. The second kappa shape index (κ2) is 7.90. The normalized spacial score (nSPS) is 11.0. The molecule has 0 saturated heterocycles. The van der Waals surface area contributed by atoms with Gasteiger partial charge in [-0.3, -0.25) is 19.3 Å². The van der Waals surface area contributed by atoms with Crippen molar-refractivity contribution < 1.29 is 4.79 Å². The Morgan fingerprint density at radius 1 is 1.17 bits per heavy atom. The van der Waals surface area contributed by atoms with Gasteiger partial charge >= 0.3 is 0 Å². The topological polar surface area (TPSA) is 94.7 Å². The summed E-state index contributed by atoms with van der Waals surface area (Å²) in [4.78, 5) is 34.1. The SMILES string of the molecule is CCn1cc(C(=O)NCc2cc(-c3ccncc3)n(C)n2)c(=O)c2ccc(C)nc21. The lowest BCUT2D eigenvalue weighted by Gasteiger charge is -2.11. The van der Waals surface area contributed by atoms with E-state index in [9.17, 15) is 9.59 Å². The average molecular weight is 402 g/mol. The Kier molecular flexibility index (Phi) is 5.14. The fraction of sp³-hybridized carbons (Fsp3) is 0.227. The molecule has 4 heterocycles. The first kappa shape index (κ1) is 19.5. The van der Waals surface area contributed by atoms with E-state index in [1.54, 1.807) is 35.4 Å².